The van der Waals surface area contributed by atoms with Crippen molar-refractivity contribution in [1.29, 1.82) is 0 Å². The number of unbranched alkanes of at least 4 members (excludes halogenated alkanes) is 5. The van der Waals surface area contributed by atoms with E-state index < -0.39 is 14.0 Å². The van der Waals surface area contributed by atoms with Crippen molar-refractivity contribution in [2.45, 2.75) is 156 Å². The van der Waals surface area contributed by atoms with Gasteiger partial charge in [0.2, 0.25) is 0 Å². The maximum absolute atomic E-state index is 11.9. The van der Waals surface area contributed by atoms with Crippen molar-refractivity contribution in [3.63, 3.8) is 0 Å². The van der Waals surface area contributed by atoms with E-state index >= 15 is 0 Å². The van der Waals surface area contributed by atoms with Gasteiger partial charge in [0.25, 0.3) is 0 Å². The van der Waals surface area contributed by atoms with E-state index in [1.165, 1.54) is 6.42 Å². The molecule has 0 amide bonds. The van der Waals surface area contributed by atoms with Gasteiger partial charge in [0.05, 0.1) is 0 Å². The van der Waals surface area contributed by atoms with Gasteiger partial charge in [0, 0.05) is 0 Å². The van der Waals surface area contributed by atoms with E-state index in [9.17, 15) is 20.0 Å². The van der Waals surface area contributed by atoms with Gasteiger partial charge in [-0.1, -0.05) is 0 Å². The first kappa shape index (κ1) is 37.5. The molecule has 6 heteroatoms. The summed E-state index contributed by atoms with van der Waals surface area (Å²) in [6.07, 6.45) is 5.16. The Morgan fingerprint density at radius 2 is 0.953 bits per heavy atom. The van der Waals surface area contributed by atoms with Crippen LogP contribution in [0.2, 0.25) is 0 Å². The molecule has 2 aromatic carbocycles. The van der Waals surface area contributed by atoms with Crippen LogP contribution < -0.4 is 0 Å². The number of phenols is 2. The number of phenolic OH excluding ortho intramolecular Hbond substituents is 2. The fourth-order valence-electron chi connectivity index (χ4n) is 5.40. The summed E-state index contributed by atoms with van der Waals surface area (Å²) in [6, 6.07) is 7.93. The van der Waals surface area contributed by atoms with E-state index in [4.69, 9.17) is 4.52 Å². The van der Waals surface area contributed by atoms with Crippen LogP contribution in [-0.2, 0) is 26.2 Å². The molecule has 0 spiro atoms. The van der Waals surface area contributed by atoms with Gasteiger partial charge in [-0.2, -0.15) is 0 Å². The summed E-state index contributed by atoms with van der Waals surface area (Å²) in [5.74, 6) is 0.125. The van der Waals surface area contributed by atoms with Crippen LogP contribution in [0.5, 0.6) is 11.5 Å². The number of rotatable bonds is 11. The average molecular weight is 619 g/mol. The average Bonchev–Trinajstić information content (AvgIpc) is 2.82. The van der Waals surface area contributed by atoms with Gasteiger partial charge in [-0.15, -0.1) is 0 Å². The molecule has 0 saturated heterocycles. The van der Waals surface area contributed by atoms with E-state index in [1.54, 1.807) is 0 Å². The number of hydrogen-bond donors (Lipinski definition) is 4. The first-order chi connectivity index (χ1) is 19.4. The number of aromatic hydroxyl groups is 2. The van der Waals surface area contributed by atoms with Gasteiger partial charge in [-0.05, 0) is 0 Å². The second-order valence-corrected chi connectivity index (χ2v) is 18.9. The van der Waals surface area contributed by atoms with Crippen LogP contribution in [0.3, 0.4) is 0 Å². The van der Waals surface area contributed by atoms with E-state index in [-0.39, 0.29) is 39.3 Å². The Hall–Kier alpha value is -1.65. The van der Waals surface area contributed by atoms with Crippen LogP contribution in [0, 0.1) is 0 Å². The molecule has 0 unspecified atom stereocenters. The van der Waals surface area contributed by atoms with Crippen LogP contribution >= 0.6 is 7.94 Å². The molecule has 0 heterocycles. The normalized spacial score (nSPS) is 14.0. The zero-order valence-electron chi connectivity index (χ0n) is 29.5. The summed E-state index contributed by atoms with van der Waals surface area (Å²) in [4.78, 5) is 22.8. The number of hydrogen-bond acceptors (Lipinski definition) is 5. The molecule has 0 bridgehead atoms. The molecule has 5 nitrogen and oxygen atoms in total. The predicted octanol–water partition coefficient (Wildman–Crippen LogP) is 10.2. The molecule has 2 aromatic rings. The van der Waals surface area contributed by atoms with Crippen molar-refractivity contribution in [2.24, 2.45) is 0 Å². The van der Waals surface area contributed by atoms with Crippen LogP contribution in [-0.4, -0.2) is 26.2 Å². The monoisotopic (exact) mass is 618 g/mol. The van der Waals surface area contributed by atoms with Crippen LogP contribution in [0.1, 0.15) is 168 Å². The zero-order chi connectivity index (χ0) is 33.2. The van der Waals surface area contributed by atoms with Crippen LogP contribution in [0.25, 0.3) is 0 Å². The van der Waals surface area contributed by atoms with Crippen molar-refractivity contribution < 1.29 is 24.5 Å². The fraction of sp³-hybridized carbons (Fsp3) is 0.676. The summed E-state index contributed by atoms with van der Waals surface area (Å²) < 4.78 is 6.40. The first-order valence-electron chi connectivity index (χ1n) is 16.3. The van der Waals surface area contributed by atoms with Crippen molar-refractivity contribution in [3.8, 4) is 11.5 Å². The molecule has 246 valence electrons. The molecule has 0 saturated carbocycles. The Balaban J connectivity index is 2.88. The van der Waals surface area contributed by atoms with Crippen molar-refractivity contribution in [3.05, 3.63) is 57.6 Å². The topological polar surface area (TPSA) is 90.2 Å². The molecule has 0 fully saturated rings. The van der Waals surface area contributed by atoms with Crippen LogP contribution in [0.15, 0.2) is 24.3 Å². The van der Waals surface area contributed by atoms with Crippen molar-refractivity contribution in [1.82, 2.24) is 0 Å². The molecule has 4 N–H and O–H groups in total. The Labute approximate surface area is 263 Å². The minimum atomic E-state index is -4.22. The molecule has 0 atom stereocenters. The molecular weight excluding hydrogens is 555 g/mol. The van der Waals surface area contributed by atoms with Gasteiger partial charge >= 0.3 is 264 Å². The fourth-order valence-corrected chi connectivity index (χ4v) is 6.86. The molecule has 0 aliphatic rings. The Kier molecular flexibility index (Phi) is 12.0. The van der Waals surface area contributed by atoms with E-state index in [0.29, 0.717) is 17.5 Å². The molecule has 0 radical (unpaired) electrons. The second kappa shape index (κ2) is 13.8. The minimum absolute atomic E-state index is 0.0627. The summed E-state index contributed by atoms with van der Waals surface area (Å²) in [7, 11) is -4.22. The third-order valence-electron chi connectivity index (χ3n) is 8.35. The third kappa shape index (κ3) is 10.2. The molecule has 43 heavy (non-hydrogen) atoms. The SMILES string of the molecule is CCCCCCCC[PH](O)(O)OC(c1cc(C(C)(C)C)cc(C(C)(C)C)c1O)c1cc(C(C)(C)C)cc(C(C)(C)C)c1O. The Bertz CT molecular complexity index is 1140. The summed E-state index contributed by atoms with van der Waals surface area (Å²) >= 11 is 0. The summed E-state index contributed by atoms with van der Waals surface area (Å²) in [6.45, 7) is 27.2. The van der Waals surface area contributed by atoms with Gasteiger partial charge in [-0.3, -0.25) is 0 Å². The molecule has 0 aliphatic carbocycles. The van der Waals surface area contributed by atoms with Gasteiger partial charge in [0.1, 0.15) is 0 Å². The van der Waals surface area contributed by atoms with E-state index in [1.807, 2.05) is 24.3 Å². The molecule has 2 rings (SSSR count). The second-order valence-electron chi connectivity index (χ2n) is 16.7. The Morgan fingerprint density at radius 3 is 1.30 bits per heavy atom. The number of benzene rings is 2. The van der Waals surface area contributed by atoms with Gasteiger partial charge in [-0.25, -0.2) is 0 Å². The van der Waals surface area contributed by atoms with Gasteiger partial charge < -0.3 is 0 Å². The quantitative estimate of drug-likeness (QED) is 0.149. The predicted molar refractivity (Wildman–Crippen MR) is 185 cm³/mol. The van der Waals surface area contributed by atoms with E-state index in [0.717, 1.165) is 47.9 Å². The van der Waals surface area contributed by atoms with Gasteiger partial charge in [0.15, 0.2) is 0 Å². The molecule has 0 aromatic heterocycles. The van der Waals surface area contributed by atoms with E-state index in [2.05, 4.69) is 90.0 Å². The summed E-state index contributed by atoms with van der Waals surface area (Å²) in [5.41, 5.74) is 3.14. The zero-order valence-corrected chi connectivity index (χ0v) is 30.5. The molecule has 0 aliphatic heterocycles. The summed E-state index contributed by atoms with van der Waals surface area (Å²) in [5, 5.41) is 23.8. The van der Waals surface area contributed by atoms with Crippen molar-refractivity contribution >= 4 is 7.94 Å². The Morgan fingerprint density at radius 1 is 0.581 bits per heavy atom. The molecular formula is C37H63O5P. The standard InChI is InChI=1S/C37H63O5P/c1-14-15-16-17-18-19-20-43(40,41)42-33(27-21-25(34(2,3)4)23-29(31(27)38)36(8,9)10)28-22-26(35(5,6)7)24-30(32(28)39)37(11,12)13/h21-24,33,38-41,43H,14-20H2,1-13H3. The first-order valence-corrected chi connectivity index (χ1v) is 18.3. The maximum atomic E-state index is 11.9. The third-order valence-corrected chi connectivity index (χ3v) is 9.97. The van der Waals surface area contributed by atoms with Crippen molar-refractivity contribution in [2.75, 3.05) is 6.16 Å². The van der Waals surface area contributed by atoms with Crippen LogP contribution in [0.4, 0.5) is 0 Å².